The Bertz CT molecular complexity index is 988. The third-order valence-corrected chi connectivity index (χ3v) is 4.65. The molecule has 0 aliphatic rings. The number of hydrogen-bond acceptors (Lipinski definition) is 3. The van der Waals surface area contributed by atoms with Crippen molar-refractivity contribution in [3.8, 4) is 11.3 Å². The van der Waals surface area contributed by atoms with Gasteiger partial charge in [-0.25, -0.2) is 4.39 Å². The molecule has 0 aliphatic heterocycles. The van der Waals surface area contributed by atoms with Crippen LogP contribution in [-0.4, -0.2) is 35.1 Å². The highest BCUT2D eigenvalue weighted by Crippen LogP contribution is 2.18. The van der Waals surface area contributed by atoms with E-state index < -0.39 is 11.9 Å². The van der Waals surface area contributed by atoms with Gasteiger partial charge >= 0.3 is 0 Å². The van der Waals surface area contributed by atoms with Gasteiger partial charge in [-0.05, 0) is 48.0 Å². The first-order valence-corrected chi connectivity index (χ1v) is 9.34. The molecule has 2 amide bonds. The van der Waals surface area contributed by atoms with E-state index in [4.69, 9.17) is 0 Å². The molecule has 3 aromatic rings. The van der Waals surface area contributed by atoms with Gasteiger partial charge in [0.1, 0.15) is 17.6 Å². The van der Waals surface area contributed by atoms with Crippen molar-refractivity contribution in [3.05, 3.63) is 76.1 Å². The normalized spacial score (nSPS) is 11.7. The second-order valence-corrected chi connectivity index (χ2v) is 7.06. The Morgan fingerprint density at radius 1 is 1.18 bits per heavy atom. The van der Waals surface area contributed by atoms with Crippen molar-refractivity contribution in [1.82, 2.24) is 20.8 Å². The molecule has 3 rings (SSSR count). The Kier molecular flexibility index (Phi) is 6.20. The van der Waals surface area contributed by atoms with Crippen molar-refractivity contribution in [2.75, 3.05) is 7.05 Å². The molecular weight excluding hydrogens is 427 g/mol. The van der Waals surface area contributed by atoms with Gasteiger partial charge in [-0.3, -0.25) is 14.7 Å². The number of carbonyl (C=O) groups excluding carboxylic acids is 2. The van der Waals surface area contributed by atoms with Crippen LogP contribution in [0, 0.1) is 5.82 Å². The summed E-state index contributed by atoms with van der Waals surface area (Å²) in [4.78, 5) is 24.8. The van der Waals surface area contributed by atoms with E-state index in [2.05, 4.69) is 36.8 Å². The molecule has 0 spiro atoms. The number of likely N-dealkylation sites (N-methyl/N-ethyl adjacent to an activating group) is 1. The zero-order valence-electron chi connectivity index (χ0n) is 15.0. The maximum Gasteiger partial charge on any atom is 0.269 e. The van der Waals surface area contributed by atoms with Crippen molar-refractivity contribution in [3.63, 3.8) is 0 Å². The summed E-state index contributed by atoms with van der Waals surface area (Å²) >= 11 is 3.40. The fourth-order valence-corrected chi connectivity index (χ4v) is 3.17. The van der Waals surface area contributed by atoms with E-state index in [0.29, 0.717) is 17.7 Å². The molecule has 8 heteroatoms. The highest BCUT2D eigenvalue weighted by molar-refractivity contribution is 9.10. The number of aromatic amines is 1. The first-order valence-electron chi connectivity index (χ1n) is 8.54. The molecule has 2 aromatic carbocycles. The Morgan fingerprint density at radius 2 is 1.93 bits per heavy atom. The van der Waals surface area contributed by atoms with Gasteiger partial charge in [0, 0.05) is 23.5 Å². The summed E-state index contributed by atoms with van der Waals surface area (Å²) < 4.78 is 14.0. The van der Waals surface area contributed by atoms with E-state index in [1.807, 2.05) is 24.3 Å². The highest BCUT2D eigenvalue weighted by Gasteiger charge is 2.22. The molecule has 0 unspecified atom stereocenters. The first kappa shape index (κ1) is 19.8. The second kappa shape index (κ2) is 8.79. The number of carbonyl (C=O) groups is 2. The average molecular weight is 445 g/mol. The SMILES string of the molecule is CNC(=O)[C@H](Cc1cccc(Br)c1)NC(=O)c1cc(-c2ccc(F)cc2)n[nH]1. The number of rotatable bonds is 6. The Morgan fingerprint density at radius 3 is 2.61 bits per heavy atom. The zero-order valence-corrected chi connectivity index (χ0v) is 16.6. The number of aromatic nitrogens is 2. The van der Waals surface area contributed by atoms with Crippen LogP contribution >= 0.6 is 15.9 Å². The Labute approximate surface area is 169 Å². The maximum absolute atomic E-state index is 13.1. The minimum Gasteiger partial charge on any atom is -0.357 e. The largest absolute Gasteiger partial charge is 0.357 e. The summed E-state index contributed by atoms with van der Waals surface area (Å²) in [5.41, 5.74) is 2.30. The van der Waals surface area contributed by atoms with Crippen molar-refractivity contribution in [1.29, 1.82) is 0 Å². The monoisotopic (exact) mass is 444 g/mol. The average Bonchev–Trinajstić information content (AvgIpc) is 3.18. The summed E-state index contributed by atoms with van der Waals surface area (Å²) in [7, 11) is 1.52. The number of H-pyrrole nitrogens is 1. The number of benzene rings is 2. The molecule has 1 heterocycles. The maximum atomic E-state index is 13.1. The van der Waals surface area contributed by atoms with Crippen LogP contribution in [0.5, 0.6) is 0 Å². The third kappa shape index (κ3) is 4.83. The van der Waals surface area contributed by atoms with E-state index >= 15 is 0 Å². The molecular formula is C20H18BrFN4O2. The lowest BCUT2D eigenvalue weighted by Crippen LogP contribution is -2.47. The zero-order chi connectivity index (χ0) is 20.1. The van der Waals surface area contributed by atoms with Crippen LogP contribution in [0.15, 0.2) is 59.1 Å². The van der Waals surface area contributed by atoms with Gasteiger partial charge in [0.05, 0.1) is 5.69 Å². The lowest BCUT2D eigenvalue weighted by Gasteiger charge is -2.17. The Balaban J connectivity index is 1.74. The lowest BCUT2D eigenvalue weighted by molar-refractivity contribution is -0.122. The van der Waals surface area contributed by atoms with Crippen molar-refractivity contribution in [2.45, 2.75) is 12.5 Å². The van der Waals surface area contributed by atoms with Crippen molar-refractivity contribution >= 4 is 27.7 Å². The van der Waals surface area contributed by atoms with Crippen LogP contribution in [0.2, 0.25) is 0 Å². The summed E-state index contributed by atoms with van der Waals surface area (Å²) in [5, 5.41) is 12.0. The predicted octanol–water partition coefficient (Wildman–Crippen LogP) is 3.07. The quantitative estimate of drug-likeness (QED) is 0.545. The van der Waals surface area contributed by atoms with Gasteiger partial charge in [-0.2, -0.15) is 5.10 Å². The van der Waals surface area contributed by atoms with E-state index in [1.54, 1.807) is 18.2 Å². The molecule has 28 heavy (non-hydrogen) atoms. The number of nitrogens with zero attached hydrogens (tertiary/aromatic N) is 1. The summed E-state index contributed by atoms with van der Waals surface area (Å²) in [5.74, 6) is -1.10. The molecule has 6 nitrogen and oxygen atoms in total. The number of amides is 2. The number of hydrogen-bond donors (Lipinski definition) is 3. The van der Waals surface area contributed by atoms with E-state index in [-0.39, 0.29) is 17.4 Å². The number of nitrogens with one attached hydrogen (secondary N) is 3. The van der Waals surface area contributed by atoms with Crippen molar-refractivity contribution in [2.24, 2.45) is 0 Å². The van der Waals surface area contributed by atoms with Gasteiger partial charge < -0.3 is 10.6 Å². The second-order valence-electron chi connectivity index (χ2n) is 6.15. The van der Waals surface area contributed by atoms with Gasteiger partial charge in [0.2, 0.25) is 5.91 Å². The lowest BCUT2D eigenvalue weighted by atomic mass is 10.0. The topological polar surface area (TPSA) is 86.9 Å². The summed E-state index contributed by atoms with van der Waals surface area (Å²) in [6.45, 7) is 0. The summed E-state index contributed by atoms with van der Waals surface area (Å²) in [6, 6.07) is 14.1. The van der Waals surface area contributed by atoms with Crippen LogP contribution in [0.25, 0.3) is 11.3 Å². The van der Waals surface area contributed by atoms with Crippen molar-refractivity contribution < 1.29 is 14.0 Å². The Hall–Kier alpha value is -3.00. The van der Waals surface area contributed by atoms with Crippen LogP contribution in [0.4, 0.5) is 4.39 Å². The minimum absolute atomic E-state index is 0.211. The molecule has 1 aromatic heterocycles. The third-order valence-electron chi connectivity index (χ3n) is 4.16. The molecule has 0 saturated carbocycles. The molecule has 0 fully saturated rings. The smallest absolute Gasteiger partial charge is 0.269 e. The minimum atomic E-state index is -0.746. The fourth-order valence-electron chi connectivity index (χ4n) is 2.73. The first-order chi connectivity index (χ1) is 13.5. The van der Waals surface area contributed by atoms with E-state index in [1.165, 1.54) is 19.2 Å². The molecule has 0 saturated heterocycles. The van der Waals surface area contributed by atoms with Crippen LogP contribution < -0.4 is 10.6 Å². The number of halogens is 2. The molecule has 0 bridgehead atoms. The molecule has 0 aliphatic carbocycles. The molecule has 0 radical (unpaired) electrons. The van der Waals surface area contributed by atoms with Crippen LogP contribution in [-0.2, 0) is 11.2 Å². The van der Waals surface area contributed by atoms with Gasteiger partial charge in [0.25, 0.3) is 5.91 Å². The highest BCUT2D eigenvalue weighted by atomic mass is 79.9. The molecule has 1 atom stereocenters. The molecule has 3 N–H and O–H groups in total. The fraction of sp³-hybridized carbons (Fsp3) is 0.150. The van der Waals surface area contributed by atoms with E-state index in [0.717, 1.165) is 10.0 Å². The summed E-state index contributed by atoms with van der Waals surface area (Å²) in [6.07, 6.45) is 0.337. The standard InChI is InChI=1S/C20H18BrFN4O2/c1-23-19(27)17(10-12-3-2-4-14(21)9-12)24-20(28)18-11-16(25-26-18)13-5-7-15(22)8-6-13/h2-9,11,17H,10H2,1H3,(H,23,27)(H,24,28)(H,25,26)/t17-/m0/s1. The van der Waals surface area contributed by atoms with Gasteiger partial charge in [-0.15, -0.1) is 0 Å². The van der Waals surface area contributed by atoms with Gasteiger partial charge in [-0.1, -0.05) is 28.1 Å². The predicted molar refractivity (Wildman–Crippen MR) is 107 cm³/mol. The molecule has 144 valence electrons. The van der Waals surface area contributed by atoms with Crippen LogP contribution in [0.3, 0.4) is 0 Å². The van der Waals surface area contributed by atoms with Crippen LogP contribution in [0.1, 0.15) is 16.1 Å². The van der Waals surface area contributed by atoms with E-state index in [9.17, 15) is 14.0 Å². The van der Waals surface area contributed by atoms with Gasteiger partial charge in [0.15, 0.2) is 0 Å².